The normalized spacial score (nSPS) is 10.6. The second-order valence-electron chi connectivity index (χ2n) is 5.61. The van der Waals surface area contributed by atoms with Crippen molar-refractivity contribution >= 4 is 32.9 Å². The molecule has 27 heavy (non-hydrogen) atoms. The molecule has 1 aromatic heterocycles. The van der Waals surface area contributed by atoms with E-state index in [9.17, 15) is 9.59 Å². The number of halogens is 1. The molecule has 0 saturated heterocycles. The zero-order chi connectivity index (χ0) is 19.4. The first-order valence-electron chi connectivity index (χ1n) is 8.22. The van der Waals surface area contributed by atoms with Crippen molar-refractivity contribution in [3.8, 4) is 11.5 Å². The predicted molar refractivity (Wildman–Crippen MR) is 103 cm³/mol. The van der Waals surface area contributed by atoms with Gasteiger partial charge in [0.1, 0.15) is 12.2 Å². The van der Waals surface area contributed by atoms with E-state index in [4.69, 9.17) is 18.6 Å². The fourth-order valence-electron chi connectivity index (χ4n) is 2.62. The highest BCUT2D eigenvalue weighted by molar-refractivity contribution is 9.10. The van der Waals surface area contributed by atoms with Crippen molar-refractivity contribution in [1.82, 2.24) is 0 Å². The smallest absolute Gasteiger partial charge is 0.338 e. The molecule has 0 atom stereocenters. The van der Waals surface area contributed by atoms with E-state index >= 15 is 0 Å². The van der Waals surface area contributed by atoms with Gasteiger partial charge in [0, 0.05) is 21.5 Å². The Balaban J connectivity index is 1.83. The Hall–Kier alpha value is -2.80. The minimum Gasteiger partial charge on any atom is -0.493 e. The Kier molecular flexibility index (Phi) is 5.81. The average molecular weight is 433 g/mol. The number of methoxy groups -OCH3 is 1. The number of carbonyl (C=O) groups excluding carboxylic acids is 1. The van der Waals surface area contributed by atoms with Crippen molar-refractivity contribution < 1.29 is 23.4 Å². The van der Waals surface area contributed by atoms with Crippen molar-refractivity contribution in [2.45, 2.75) is 13.5 Å². The minimum absolute atomic E-state index is 0.0570. The van der Waals surface area contributed by atoms with Gasteiger partial charge in [0.2, 0.25) is 0 Å². The molecular weight excluding hydrogens is 416 g/mol. The molecule has 0 amide bonds. The second kappa shape index (κ2) is 8.26. The van der Waals surface area contributed by atoms with E-state index in [1.165, 1.54) is 13.2 Å². The molecule has 0 saturated carbocycles. The molecule has 3 aromatic rings. The first-order valence-corrected chi connectivity index (χ1v) is 9.01. The lowest BCUT2D eigenvalue weighted by molar-refractivity contribution is 0.0473. The van der Waals surface area contributed by atoms with Crippen LogP contribution in [0.5, 0.6) is 11.5 Å². The summed E-state index contributed by atoms with van der Waals surface area (Å²) in [6, 6.07) is 11.4. The molecule has 7 heteroatoms. The summed E-state index contributed by atoms with van der Waals surface area (Å²) in [7, 11) is 1.53. The number of carbonyl (C=O) groups is 1. The second-order valence-corrected chi connectivity index (χ2v) is 6.52. The van der Waals surface area contributed by atoms with Crippen molar-refractivity contribution in [2.24, 2.45) is 0 Å². The number of rotatable bonds is 6. The quantitative estimate of drug-likeness (QED) is 0.426. The Morgan fingerprint density at radius 2 is 1.93 bits per heavy atom. The molecule has 6 nitrogen and oxygen atoms in total. The molecule has 1 heterocycles. The van der Waals surface area contributed by atoms with Gasteiger partial charge in [0.05, 0.1) is 19.3 Å². The maximum absolute atomic E-state index is 12.4. The van der Waals surface area contributed by atoms with Gasteiger partial charge in [-0.05, 0) is 43.3 Å². The zero-order valence-corrected chi connectivity index (χ0v) is 16.4. The summed E-state index contributed by atoms with van der Waals surface area (Å²) in [4.78, 5) is 24.2. The number of hydrogen-bond donors (Lipinski definition) is 0. The molecule has 0 aliphatic carbocycles. The van der Waals surface area contributed by atoms with Crippen molar-refractivity contribution in [3.63, 3.8) is 0 Å². The number of hydrogen-bond acceptors (Lipinski definition) is 6. The lowest BCUT2D eigenvalue weighted by Gasteiger charge is -2.11. The van der Waals surface area contributed by atoms with Crippen LogP contribution in [0.3, 0.4) is 0 Å². The van der Waals surface area contributed by atoms with Gasteiger partial charge in [-0.3, -0.25) is 0 Å². The summed E-state index contributed by atoms with van der Waals surface area (Å²) >= 11 is 3.34. The van der Waals surface area contributed by atoms with Crippen LogP contribution in [-0.4, -0.2) is 19.7 Å². The maximum atomic E-state index is 12.4. The molecule has 2 aromatic carbocycles. The third kappa shape index (κ3) is 4.31. The fraction of sp³-hybridized carbons (Fsp3) is 0.200. The Labute approximate surface area is 163 Å². The van der Waals surface area contributed by atoms with Crippen LogP contribution in [0.2, 0.25) is 0 Å². The first-order chi connectivity index (χ1) is 13.0. The van der Waals surface area contributed by atoms with Crippen molar-refractivity contribution in [2.75, 3.05) is 13.7 Å². The van der Waals surface area contributed by atoms with E-state index in [1.807, 2.05) is 13.0 Å². The van der Waals surface area contributed by atoms with Gasteiger partial charge >= 0.3 is 11.6 Å². The van der Waals surface area contributed by atoms with E-state index < -0.39 is 11.6 Å². The highest BCUT2D eigenvalue weighted by Gasteiger charge is 2.14. The highest BCUT2D eigenvalue weighted by atomic mass is 79.9. The predicted octanol–water partition coefficient (Wildman–Crippen LogP) is 4.32. The van der Waals surface area contributed by atoms with Crippen LogP contribution in [0, 0.1) is 0 Å². The van der Waals surface area contributed by atoms with Crippen LogP contribution in [0.4, 0.5) is 0 Å². The summed E-state index contributed by atoms with van der Waals surface area (Å²) < 4.78 is 22.0. The zero-order valence-electron chi connectivity index (χ0n) is 14.8. The Bertz CT molecular complexity index is 1040. The van der Waals surface area contributed by atoms with E-state index in [0.29, 0.717) is 40.2 Å². The third-order valence-electron chi connectivity index (χ3n) is 3.85. The minimum atomic E-state index is -0.530. The van der Waals surface area contributed by atoms with Crippen LogP contribution >= 0.6 is 15.9 Å². The first kappa shape index (κ1) is 19.0. The molecule has 140 valence electrons. The standard InChI is InChI=1S/C20H17BrO6/c1-3-25-18-8-12(4-7-16(18)24-2)20(23)26-11-13-9-19(22)27-17-10-14(21)5-6-15(13)17/h4-10H,3,11H2,1-2H3. The van der Waals surface area contributed by atoms with Gasteiger partial charge in [0.15, 0.2) is 11.5 Å². The van der Waals surface area contributed by atoms with Crippen LogP contribution in [-0.2, 0) is 11.3 Å². The number of benzene rings is 2. The summed E-state index contributed by atoms with van der Waals surface area (Å²) in [6.45, 7) is 2.23. The van der Waals surface area contributed by atoms with Crippen LogP contribution in [0.1, 0.15) is 22.8 Å². The Morgan fingerprint density at radius 1 is 1.11 bits per heavy atom. The van der Waals surface area contributed by atoms with Crippen molar-refractivity contribution in [1.29, 1.82) is 0 Å². The molecule has 0 unspecified atom stereocenters. The molecular formula is C20H17BrO6. The maximum Gasteiger partial charge on any atom is 0.338 e. The molecule has 0 radical (unpaired) electrons. The van der Waals surface area contributed by atoms with Crippen LogP contribution in [0.25, 0.3) is 11.0 Å². The van der Waals surface area contributed by atoms with E-state index in [0.717, 1.165) is 4.47 Å². The van der Waals surface area contributed by atoms with Crippen LogP contribution < -0.4 is 15.1 Å². The molecule has 0 spiro atoms. The SMILES string of the molecule is CCOc1cc(C(=O)OCc2cc(=O)oc3cc(Br)ccc23)ccc1OC. The summed E-state index contributed by atoms with van der Waals surface area (Å²) in [6.07, 6.45) is 0. The van der Waals surface area contributed by atoms with Gasteiger partial charge in [-0.25, -0.2) is 9.59 Å². The summed E-state index contributed by atoms with van der Waals surface area (Å²) in [5, 5.41) is 0.704. The summed E-state index contributed by atoms with van der Waals surface area (Å²) in [5.41, 5.74) is 0.815. The fourth-order valence-corrected chi connectivity index (χ4v) is 2.96. The Morgan fingerprint density at radius 3 is 2.67 bits per heavy atom. The molecule has 0 aliphatic rings. The van der Waals surface area contributed by atoms with E-state index in [2.05, 4.69) is 15.9 Å². The number of fused-ring (bicyclic) bond motifs is 1. The van der Waals surface area contributed by atoms with Gasteiger partial charge in [-0.15, -0.1) is 0 Å². The van der Waals surface area contributed by atoms with E-state index in [-0.39, 0.29) is 6.61 Å². The largest absolute Gasteiger partial charge is 0.493 e. The molecule has 0 fully saturated rings. The topological polar surface area (TPSA) is 75.0 Å². The summed E-state index contributed by atoms with van der Waals surface area (Å²) in [5.74, 6) is 0.466. The third-order valence-corrected chi connectivity index (χ3v) is 4.34. The van der Waals surface area contributed by atoms with Gasteiger partial charge in [0.25, 0.3) is 0 Å². The monoisotopic (exact) mass is 432 g/mol. The highest BCUT2D eigenvalue weighted by Crippen LogP contribution is 2.28. The lowest BCUT2D eigenvalue weighted by atomic mass is 10.1. The number of esters is 1. The molecule has 0 N–H and O–H groups in total. The number of ether oxygens (including phenoxy) is 3. The average Bonchev–Trinajstić information content (AvgIpc) is 2.65. The molecule has 3 rings (SSSR count). The van der Waals surface area contributed by atoms with Gasteiger partial charge in [-0.2, -0.15) is 0 Å². The van der Waals surface area contributed by atoms with Crippen molar-refractivity contribution in [3.05, 3.63) is 68.5 Å². The van der Waals surface area contributed by atoms with E-state index in [1.54, 1.807) is 30.3 Å². The van der Waals surface area contributed by atoms with Gasteiger partial charge < -0.3 is 18.6 Å². The van der Waals surface area contributed by atoms with Crippen LogP contribution in [0.15, 0.2) is 56.1 Å². The van der Waals surface area contributed by atoms with Gasteiger partial charge in [-0.1, -0.05) is 15.9 Å². The molecule has 0 aliphatic heterocycles. The lowest BCUT2D eigenvalue weighted by Crippen LogP contribution is -2.08. The molecule has 0 bridgehead atoms.